The van der Waals surface area contributed by atoms with Crippen molar-refractivity contribution in [3.63, 3.8) is 0 Å². The van der Waals surface area contributed by atoms with E-state index in [1.807, 2.05) is 18.2 Å². The van der Waals surface area contributed by atoms with E-state index in [0.29, 0.717) is 0 Å². The number of anilines is 1. The number of nitrogens with one attached hydrogen (secondary N) is 2. The molecule has 1 unspecified atom stereocenters. The van der Waals surface area contributed by atoms with Crippen molar-refractivity contribution in [2.24, 2.45) is 0 Å². The van der Waals surface area contributed by atoms with Gasteiger partial charge in [0.15, 0.2) is 0 Å². The van der Waals surface area contributed by atoms with Gasteiger partial charge in [-0.1, -0.05) is 30.2 Å². The van der Waals surface area contributed by atoms with Gasteiger partial charge in [0, 0.05) is 57.8 Å². The first-order chi connectivity index (χ1) is 18.8. The molecule has 2 N–H and O–H groups in total. The molecule has 204 valence electrons. The fourth-order valence-corrected chi connectivity index (χ4v) is 6.35. The zero-order valence-corrected chi connectivity index (χ0v) is 23.8. The molecule has 1 aromatic heterocycles. The molecule has 0 saturated heterocycles. The first-order valence-corrected chi connectivity index (χ1v) is 14.4. The fourth-order valence-electron chi connectivity index (χ4n) is 6.19. The molecular formula is C32H37ClN4O2. The number of hydrogen-bond acceptors (Lipinski definition) is 5. The van der Waals surface area contributed by atoms with Crippen molar-refractivity contribution in [1.29, 1.82) is 0 Å². The number of allylic oxidation sites excluding steroid dienone is 4. The van der Waals surface area contributed by atoms with Gasteiger partial charge in [-0.05, 0) is 106 Å². The summed E-state index contributed by atoms with van der Waals surface area (Å²) in [4.78, 5) is 16.1. The maximum absolute atomic E-state index is 11.4. The lowest BCUT2D eigenvalue weighted by Gasteiger charge is -2.31. The number of nitrogens with zero attached hydrogens (tertiary/aromatic N) is 2. The number of fused-ring (bicyclic) bond motifs is 2. The van der Waals surface area contributed by atoms with Crippen LogP contribution in [-0.4, -0.2) is 16.5 Å². The van der Waals surface area contributed by atoms with Crippen LogP contribution in [0, 0.1) is 10.1 Å². The second-order valence-electron chi connectivity index (χ2n) is 10.9. The Balaban J connectivity index is 1.24. The lowest BCUT2D eigenvalue weighted by atomic mass is 9.79. The number of hydrogen-bond donors (Lipinski definition) is 2. The molecule has 1 atom stereocenters. The Morgan fingerprint density at radius 3 is 2.69 bits per heavy atom. The lowest BCUT2D eigenvalue weighted by Crippen LogP contribution is -2.23. The number of nitro benzene ring substituents is 1. The summed E-state index contributed by atoms with van der Waals surface area (Å²) in [6, 6.07) is 13.1. The molecule has 7 heteroatoms. The zero-order chi connectivity index (χ0) is 27.5. The minimum Gasteiger partial charge on any atom is -0.384 e. The number of non-ortho nitro benzene ring substituents is 1. The molecule has 5 rings (SSSR count). The summed E-state index contributed by atoms with van der Waals surface area (Å²) in [7, 11) is 0. The third kappa shape index (κ3) is 5.81. The molecule has 0 bridgehead atoms. The largest absolute Gasteiger partial charge is 0.384 e. The van der Waals surface area contributed by atoms with Crippen molar-refractivity contribution in [2.45, 2.75) is 78.1 Å². The molecule has 2 aliphatic rings. The van der Waals surface area contributed by atoms with Gasteiger partial charge in [-0.15, -0.1) is 0 Å². The summed E-state index contributed by atoms with van der Waals surface area (Å²) in [5.74, 6) is 0.0748. The van der Waals surface area contributed by atoms with E-state index in [-0.39, 0.29) is 16.5 Å². The Morgan fingerprint density at radius 2 is 1.87 bits per heavy atom. The van der Waals surface area contributed by atoms with Crippen molar-refractivity contribution in [1.82, 2.24) is 10.3 Å². The fraction of sp³-hybridized carbons (Fsp3) is 0.406. The Kier molecular flexibility index (Phi) is 8.22. The van der Waals surface area contributed by atoms with Crippen LogP contribution in [0.3, 0.4) is 0 Å². The number of benzene rings is 2. The van der Waals surface area contributed by atoms with Gasteiger partial charge in [-0.25, -0.2) is 0 Å². The van der Waals surface area contributed by atoms with Crippen molar-refractivity contribution in [3.8, 4) is 0 Å². The standard InChI is InChI=1S/C32H37ClN4O2/c1-20-21(2)35-22(3)26(31(20)23-10-9-11-25(18-23)37(38)39)12-5-4-8-17-34-32-27-13-6-7-14-29(27)36-30-19-24(33)15-16-28(30)32/h9-11,15-16,18-19,31,35H,4-8,12-14,17H2,1-3H3,(H,34,36). The molecule has 3 aromatic rings. The van der Waals surface area contributed by atoms with E-state index in [0.717, 1.165) is 72.3 Å². The van der Waals surface area contributed by atoms with Crippen LogP contribution in [0.5, 0.6) is 0 Å². The first-order valence-electron chi connectivity index (χ1n) is 14.1. The molecule has 0 fully saturated rings. The monoisotopic (exact) mass is 544 g/mol. The molecule has 0 saturated carbocycles. The summed E-state index contributed by atoms with van der Waals surface area (Å²) in [6.07, 6.45) is 8.72. The highest BCUT2D eigenvalue weighted by Crippen LogP contribution is 2.41. The van der Waals surface area contributed by atoms with Crippen molar-refractivity contribution in [3.05, 3.63) is 97.0 Å². The predicted molar refractivity (Wildman–Crippen MR) is 160 cm³/mol. The predicted octanol–water partition coefficient (Wildman–Crippen LogP) is 8.60. The van der Waals surface area contributed by atoms with Gasteiger partial charge in [0.05, 0.1) is 10.4 Å². The lowest BCUT2D eigenvalue weighted by molar-refractivity contribution is -0.384. The Labute approximate surface area is 235 Å². The topological polar surface area (TPSA) is 80.1 Å². The van der Waals surface area contributed by atoms with E-state index in [9.17, 15) is 10.1 Å². The quantitative estimate of drug-likeness (QED) is 0.160. The molecule has 0 amide bonds. The number of aromatic nitrogens is 1. The second kappa shape index (κ2) is 11.8. The maximum atomic E-state index is 11.4. The molecule has 1 aliphatic heterocycles. The molecule has 0 radical (unpaired) electrons. The van der Waals surface area contributed by atoms with Crippen LogP contribution in [0.15, 0.2) is 65.0 Å². The van der Waals surface area contributed by atoms with Gasteiger partial charge in [-0.3, -0.25) is 15.1 Å². The smallest absolute Gasteiger partial charge is 0.269 e. The van der Waals surface area contributed by atoms with E-state index in [4.69, 9.17) is 16.6 Å². The van der Waals surface area contributed by atoms with Gasteiger partial charge >= 0.3 is 0 Å². The molecule has 2 aromatic carbocycles. The van der Waals surface area contributed by atoms with Gasteiger partial charge in [0.1, 0.15) is 0 Å². The second-order valence-corrected chi connectivity index (χ2v) is 11.3. The van der Waals surface area contributed by atoms with E-state index in [2.05, 4.69) is 37.5 Å². The number of rotatable bonds is 9. The number of dihydropyridines is 1. The van der Waals surface area contributed by atoms with E-state index in [1.165, 1.54) is 46.6 Å². The van der Waals surface area contributed by atoms with Crippen LogP contribution in [-0.2, 0) is 12.8 Å². The van der Waals surface area contributed by atoms with Crippen LogP contribution in [0.25, 0.3) is 10.9 Å². The normalized spacial score (nSPS) is 17.3. The molecule has 39 heavy (non-hydrogen) atoms. The van der Waals surface area contributed by atoms with Crippen LogP contribution >= 0.6 is 11.6 Å². The van der Waals surface area contributed by atoms with E-state index in [1.54, 1.807) is 18.2 Å². The Hall–Kier alpha value is -3.38. The Bertz CT molecular complexity index is 1480. The highest BCUT2D eigenvalue weighted by atomic mass is 35.5. The number of halogens is 1. The molecule has 0 spiro atoms. The van der Waals surface area contributed by atoms with Crippen molar-refractivity contribution < 1.29 is 4.92 Å². The number of aryl methyl sites for hydroxylation is 1. The van der Waals surface area contributed by atoms with Crippen LogP contribution < -0.4 is 10.6 Å². The van der Waals surface area contributed by atoms with Gasteiger partial charge < -0.3 is 10.6 Å². The molecular weight excluding hydrogens is 508 g/mol. The summed E-state index contributed by atoms with van der Waals surface area (Å²) in [5.41, 5.74) is 10.8. The summed E-state index contributed by atoms with van der Waals surface area (Å²) < 4.78 is 0. The highest BCUT2D eigenvalue weighted by molar-refractivity contribution is 6.31. The summed E-state index contributed by atoms with van der Waals surface area (Å²) >= 11 is 6.28. The third-order valence-electron chi connectivity index (χ3n) is 8.29. The molecule has 6 nitrogen and oxygen atoms in total. The third-order valence-corrected chi connectivity index (χ3v) is 8.53. The van der Waals surface area contributed by atoms with Gasteiger partial charge in [0.25, 0.3) is 5.69 Å². The highest BCUT2D eigenvalue weighted by Gasteiger charge is 2.27. The summed E-state index contributed by atoms with van der Waals surface area (Å²) in [5, 5.41) is 20.6. The van der Waals surface area contributed by atoms with E-state index < -0.39 is 0 Å². The average Bonchev–Trinajstić information content (AvgIpc) is 2.92. The Morgan fingerprint density at radius 1 is 1.05 bits per heavy atom. The first kappa shape index (κ1) is 27.2. The van der Waals surface area contributed by atoms with Crippen LogP contribution in [0.2, 0.25) is 5.02 Å². The van der Waals surface area contributed by atoms with Crippen molar-refractivity contribution in [2.75, 3.05) is 11.9 Å². The SMILES string of the molecule is CC1=C(C)C(c2cccc([N+](=O)[O-])c2)C(CCCCCNc2c3c(nc4cc(Cl)ccc24)CCCC3)=C(C)N1. The maximum Gasteiger partial charge on any atom is 0.269 e. The van der Waals surface area contributed by atoms with Crippen LogP contribution in [0.1, 0.15) is 82.0 Å². The number of unbranched alkanes of at least 4 members (excludes halogenated alkanes) is 2. The van der Waals surface area contributed by atoms with Crippen molar-refractivity contribution >= 4 is 33.9 Å². The minimum atomic E-state index is -0.308. The number of pyridine rings is 1. The summed E-state index contributed by atoms with van der Waals surface area (Å²) in [6.45, 7) is 7.26. The molecule has 1 aliphatic carbocycles. The zero-order valence-electron chi connectivity index (χ0n) is 23.1. The minimum absolute atomic E-state index is 0.0748. The van der Waals surface area contributed by atoms with Crippen LogP contribution in [0.4, 0.5) is 11.4 Å². The number of nitro groups is 1. The van der Waals surface area contributed by atoms with Gasteiger partial charge in [-0.2, -0.15) is 0 Å². The average molecular weight is 545 g/mol. The molecule has 2 heterocycles. The van der Waals surface area contributed by atoms with Gasteiger partial charge in [0.2, 0.25) is 0 Å². The van der Waals surface area contributed by atoms with E-state index >= 15 is 0 Å².